The highest BCUT2D eigenvalue weighted by Gasteiger charge is 2.19. The van der Waals surface area contributed by atoms with Crippen molar-refractivity contribution in [2.75, 3.05) is 0 Å². The first-order valence-corrected chi connectivity index (χ1v) is 4.56. The van der Waals surface area contributed by atoms with Crippen LogP contribution in [-0.4, -0.2) is 16.1 Å². The Morgan fingerprint density at radius 2 is 2.31 bits per heavy atom. The summed E-state index contributed by atoms with van der Waals surface area (Å²) in [5.74, 6) is 0.653. The highest BCUT2D eigenvalue weighted by molar-refractivity contribution is 5.13. The number of ether oxygens (including phenoxy) is 1. The smallest absolute Gasteiger partial charge is 0.216 e. The quantitative estimate of drug-likeness (QED) is 0.747. The molecule has 1 aliphatic carbocycles. The molecule has 1 aromatic heterocycles. The second-order valence-corrected chi connectivity index (χ2v) is 3.22. The molecule has 0 bridgehead atoms. The molecule has 0 spiro atoms. The van der Waals surface area contributed by atoms with Gasteiger partial charge in [-0.2, -0.15) is 0 Å². The summed E-state index contributed by atoms with van der Waals surface area (Å²) in [7, 11) is 0. The maximum atomic E-state index is 5.59. The monoisotopic (exact) mass is 179 g/mol. The molecule has 4 heteroatoms. The highest BCUT2D eigenvalue weighted by atomic mass is 16.5. The van der Waals surface area contributed by atoms with E-state index in [0.29, 0.717) is 18.5 Å². The second kappa shape index (κ2) is 3.70. The van der Waals surface area contributed by atoms with Crippen molar-refractivity contribution in [2.24, 2.45) is 5.73 Å². The number of nitrogens with two attached hydrogens (primary N) is 1. The van der Waals surface area contributed by atoms with Crippen molar-refractivity contribution in [3.8, 4) is 5.88 Å². The molecule has 0 atom stereocenters. The fourth-order valence-corrected chi connectivity index (χ4v) is 1.21. The largest absolute Gasteiger partial charge is 0.474 e. The van der Waals surface area contributed by atoms with E-state index >= 15 is 0 Å². The standard InChI is InChI=1S/C9H13N3O/c10-5-7-4-9(12-6-11-7)13-8-2-1-3-8/h4,6,8H,1-3,5,10H2. The van der Waals surface area contributed by atoms with Gasteiger partial charge >= 0.3 is 0 Å². The maximum Gasteiger partial charge on any atom is 0.216 e. The normalized spacial score (nSPS) is 16.7. The van der Waals surface area contributed by atoms with Crippen LogP contribution in [0.3, 0.4) is 0 Å². The van der Waals surface area contributed by atoms with E-state index in [1.165, 1.54) is 12.7 Å². The van der Waals surface area contributed by atoms with Crippen molar-refractivity contribution >= 4 is 0 Å². The van der Waals surface area contributed by atoms with Crippen LogP contribution in [-0.2, 0) is 6.54 Å². The number of aromatic nitrogens is 2. The van der Waals surface area contributed by atoms with E-state index in [1.807, 2.05) is 0 Å². The van der Waals surface area contributed by atoms with Gasteiger partial charge < -0.3 is 10.5 Å². The zero-order valence-electron chi connectivity index (χ0n) is 7.44. The van der Waals surface area contributed by atoms with E-state index in [9.17, 15) is 0 Å². The van der Waals surface area contributed by atoms with Crippen LogP contribution in [0.4, 0.5) is 0 Å². The lowest BCUT2D eigenvalue weighted by Gasteiger charge is -2.25. The Balaban J connectivity index is 2.01. The average Bonchev–Trinajstić information content (AvgIpc) is 2.12. The number of hydrogen-bond donors (Lipinski definition) is 1. The van der Waals surface area contributed by atoms with E-state index in [-0.39, 0.29) is 0 Å². The summed E-state index contributed by atoms with van der Waals surface area (Å²) in [5, 5.41) is 0. The summed E-state index contributed by atoms with van der Waals surface area (Å²) >= 11 is 0. The molecule has 70 valence electrons. The van der Waals surface area contributed by atoms with Crippen molar-refractivity contribution in [2.45, 2.75) is 31.9 Å². The van der Waals surface area contributed by atoms with Crippen LogP contribution >= 0.6 is 0 Å². The van der Waals surface area contributed by atoms with Gasteiger partial charge in [0.1, 0.15) is 12.4 Å². The first kappa shape index (κ1) is 8.44. The fourth-order valence-electron chi connectivity index (χ4n) is 1.21. The number of rotatable bonds is 3. The molecule has 0 aromatic carbocycles. The predicted octanol–water partition coefficient (Wildman–Crippen LogP) is 0.867. The molecule has 0 amide bonds. The molecule has 13 heavy (non-hydrogen) atoms. The second-order valence-electron chi connectivity index (χ2n) is 3.22. The van der Waals surface area contributed by atoms with Crippen LogP contribution < -0.4 is 10.5 Å². The summed E-state index contributed by atoms with van der Waals surface area (Å²) in [5.41, 5.74) is 6.27. The number of nitrogens with zero attached hydrogens (tertiary/aromatic N) is 2. The third-order valence-electron chi connectivity index (χ3n) is 2.25. The van der Waals surface area contributed by atoms with E-state index in [4.69, 9.17) is 10.5 Å². The lowest BCUT2D eigenvalue weighted by Crippen LogP contribution is -2.25. The third-order valence-corrected chi connectivity index (χ3v) is 2.25. The lowest BCUT2D eigenvalue weighted by molar-refractivity contribution is 0.114. The number of hydrogen-bond acceptors (Lipinski definition) is 4. The first-order chi connectivity index (χ1) is 6.38. The summed E-state index contributed by atoms with van der Waals surface area (Å²) in [6.07, 6.45) is 5.40. The SMILES string of the molecule is NCc1cc(OC2CCC2)ncn1. The molecule has 1 aromatic rings. The predicted molar refractivity (Wildman–Crippen MR) is 48.2 cm³/mol. The molecule has 1 fully saturated rings. The van der Waals surface area contributed by atoms with Crippen molar-refractivity contribution in [1.82, 2.24) is 9.97 Å². The molecule has 1 heterocycles. The van der Waals surface area contributed by atoms with Gasteiger partial charge in [0.2, 0.25) is 5.88 Å². The van der Waals surface area contributed by atoms with Crippen LogP contribution in [0.5, 0.6) is 5.88 Å². The molecule has 0 aliphatic heterocycles. The van der Waals surface area contributed by atoms with E-state index < -0.39 is 0 Å². The Kier molecular flexibility index (Phi) is 2.40. The zero-order valence-corrected chi connectivity index (χ0v) is 7.44. The van der Waals surface area contributed by atoms with Gasteiger partial charge in [0.25, 0.3) is 0 Å². The van der Waals surface area contributed by atoms with Gasteiger partial charge in [0, 0.05) is 12.6 Å². The molecule has 0 radical (unpaired) electrons. The Hall–Kier alpha value is -1.16. The van der Waals surface area contributed by atoms with Crippen LogP contribution in [0.25, 0.3) is 0 Å². The summed E-state index contributed by atoms with van der Waals surface area (Å²) < 4.78 is 5.59. The minimum atomic E-state index is 0.362. The third kappa shape index (κ3) is 1.95. The Morgan fingerprint density at radius 1 is 1.46 bits per heavy atom. The van der Waals surface area contributed by atoms with Gasteiger partial charge in [0.05, 0.1) is 5.69 Å². The van der Waals surface area contributed by atoms with Gasteiger partial charge in [-0.1, -0.05) is 0 Å². The zero-order chi connectivity index (χ0) is 9.10. The Bertz CT molecular complexity index is 286. The van der Waals surface area contributed by atoms with E-state index in [2.05, 4.69) is 9.97 Å². The van der Waals surface area contributed by atoms with Crippen LogP contribution in [0.1, 0.15) is 25.0 Å². The molecule has 0 saturated heterocycles. The van der Waals surface area contributed by atoms with Crippen LogP contribution in [0.2, 0.25) is 0 Å². The van der Waals surface area contributed by atoms with Crippen molar-refractivity contribution in [1.29, 1.82) is 0 Å². The van der Waals surface area contributed by atoms with Gasteiger partial charge in [0.15, 0.2) is 0 Å². The highest BCUT2D eigenvalue weighted by Crippen LogP contribution is 2.23. The minimum Gasteiger partial charge on any atom is -0.474 e. The summed E-state index contributed by atoms with van der Waals surface area (Å²) in [4.78, 5) is 8.01. The molecule has 1 saturated carbocycles. The topological polar surface area (TPSA) is 61.0 Å². The van der Waals surface area contributed by atoms with Gasteiger partial charge in [-0.25, -0.2) is 9.97 Å². The van der Waals surface area contributed by atoms with Crippen molar-refractivity contribution in [3.63, 3.8) is 0 Å². The maximum absolute atomic E-state index is 5.59. The molecular weight excluding hydrogens is 166 g/mol. The molecule has 2 N–H and O–H groups in total. The molecular formula is C9H13N3O. The minimum absolute atomic E-state index is 0.362. The van der Waals surface area contributed by atoms with Gasteiger partial charge in [-0.05, 0) is 19.3 Å². The molecule has 2 rings (SSSR count). The molecule has 0 unspecified atom stereocenters. The fraction of sp³-hybridized carbons (Fsp3) is 0.556. The summed E-state index contributed by atoms with van der Waals surface area (Å²) in [6, 6.07) is 1.80. The van der Waals surface area contributed by atoms with Gasteiger partial charge in [-0.15, -0.1) is 0 Å². The molecule has 1 aliphatic rings. The van der Waals surface area contributed by atoms with Crippen LogP contribution in [0.15, 0.2) is 12.4 Å². The lowest BCUT2D eigenvalue weighted by atomic mass is 9.96. The average molecular weight is 179 g/mol. The first-order valence-electron chi connectivity index (χ1n) is 4.56. The summed E-state index contributed by atoms with van der Waals surface area (Å²) in [6.45, 7) is 0.434. The molecule has 4 nitrogen and oxygen atoms in total. The van der Waals surface area contributed by atoms with Gasteiger partial charge in [-0.3, -0.25) is 0 Å². The van der Waals surface area contributed by atoms with E-state index in [0.717, 1.165) is 18.5 Å². The van der Waals surface area contributed by atoms with Crippen LogP contribution in [0, 0.1) is 0 Å². The van der Waals surface area contributed by atoms with Crippen molar-refractivity contribution in [3.05, 3.63) is 18.1 Å². The Morgan fingerprint density at radius 3 is 2.92 bits per heavy atom. The van der Waals surface area contributed by atoms with E-state index in [1.54, 1.807) is 6.07 Å². The Labute approximate surface area is 77.1 Å². The van der Waals surface area contributed by atoms with Crippen molar-refractivity contribution < 1.29 is 4.74 Å².